The lowest BCUT2D eigenvalue weighted by Gasteiger charge is -2.42. The van der Waals surface area contributed by atoms with E-state index in [0.717, 1.165) is 12.8 Å². The molecule has 8 atom stereocenters. The molecule has 8 heteroatoms. The zero-order valence-corrected chi connectivity index (χ0v) is 19.0. The minimum absolute atomic E-state index is 0.0295. The molecule has 3 rings (SSSR count). The molecule has 1 saturated carbocycles. The summed E-state index contributed by atoms with van der Waals surface area (Å²) in [6, 6.07) is -0.589. The van der Waals surface area contributed by atoms with Crippen LogP contribution < -0.4 is 11.1 Å². The SMILES string of the molecule is CO[C@@H]1[C@H](OC(=O)N[C@H](C(C)C)C(N)O)CC[C@]2(CO2)[C@H]1[C@@]1(C)O[C@@H]1CC=C(C)C. The summed E-state index contributed by atoms with van der Waals surface area (Å²) in [6.07, 6.45) is 2.04. The summed E-state index contributed by atoms with van der Waals surface area (Å²) in [5.74, 6) is -0.0641. The summed E-state index contributed by atoms with van der Waals surface area (Å²) in [5.41, 5.74) is 6.21. The molecule has 3 aliphatic rings. The lowest BCUT2D eigenvalue weighted by Crippen LogP contribution is -2.57. The van der Waals surface area contributed by atoms with Crippen LogP contribution in [0, 0.1) is 11.8 Å². The molecule has 2 aliphatic heterocycles. The Morgan fingerprint density at radius 3 is 2.57 bits per heavy atom. The predicted octanol–water partition coefficient (Wildman–Crippen LogP) is 2.09. The summed E-state index contributed by atoms with van der Waals surface area (Å²) >= 11 is 0. The molecule has 30 heavy (non-hydrogen) atoms. The molecule has 1 amide bonds. The van der Waals surface area contributed by atoms with E-state index in [-0.39, 0.29) is 35.2 Å². The second-order valence-corrected chi connectivity index (χ2v) is 9.73. The average Bonchev–Trinajstić information content (AvgIpc) is 3.56. The van der Waals surface area contributed by atoms with E-state index in [1.165, 1.54) is 5.57 Å². The van der Waals surface area contributed by atoms with Gasteiger partial charge in [-0.05, 0) is 46.0 Å². The normalized spacial score (nSPS) is 39.4. The fourth-order valence-corrected chi connectivity index (χ4v) is 5.02. The highest BCUT2D eigenvalue weighted by Gasteiger charge is 2.72. The van der Waals surface area contributed by atoms with E-state index in [9.17, 15) is 9.90 Å². The average molecular weight is 427 g/mol. The first-order chi connectivity index (χ1) is 14.0. The van der Waals surface area contributed by atoms with Crippen LogP contribution in [0.5, 0.6) is 0 Å². The molecule has 1 aliphatic carbocycles. The number of aliphatic hydroxyl groups excluding tert-OH is 1. The third-order valence-corrected chi connectivity index (χ3v) is 6.87. The molecule has 3 fully saturated rings. The van der Waals surface area contributed by atoms with Crippen molar-refractivity contribution < 1.29 is 28.8 Å². The van der Waals surface area contributed by atoms with Crippen LogP contribution in [0.25, 0.3) is 0 Å². The maximum Gasteiger partial charge on any atom is 0.407 e. The van der Waals surface area contributed by atoms with Gasteiger partial charge in [0.1, 0.15) is 29.6 Å². The molecule has 4 N–H and O–H groups in total. The Kier molecular flexibility index (Phi) is 6.84. The smallest absolute Gasteiger partial charge is 0.407 e. The van der Waals surface area contributed by atoms with Crippen molar-refractivity contribution in [1.29, 1.82) is 0 Å². The number of carbonyl (C=O) groups is 1. The molecule has 2 saturated heterocycles. The Balaban J connectivity index is 1.71. The first-order valence-corrected chi connectivity index (χ1v) is 10.9. The number of amides is 1. The van der Waals surface area contributed by atoms with Gasteiger partial charge in [0.05, 0.1) is 24.7 Å². The Labute approximate surface area is 179 Å². The van der Waals surface area contributed by atoms with Crippen LogP contribution in [0.1, 0.15) is 53.9 Å². The van der Waals surface area contributed by atoms with Crippen LogP contribution in [0.2, 0.25) is 0 Å². The molecule has 0 aromatic carbocycles. The van der Waals surface area contributed by atoms with Crippen molar-refractivity contribution in [3.8, 4) is 0 Å². The van der Waals surface area contributed by atoms with Crippen molar-refractivity contribution in [1.82, 2.24) is 5.32 Å². The summed E-state index contributed by atoms with van der Waals surface area (Å²) in [4.78, 5) is 12.6. The van der Waals surface area contributed by atoms with E-state index in [1.54, 1.807) is 7.11 Å². The van der Waals surface area contributed by atoms with Gasteiger partial charge in [-0.2, -0.15) is 0 Å². The Morgan fingerprint density at radius 1 is 1.40 bits per heavy atom. The topological polar surface area (TPSA) is 119 Å². The molecule has 2 heterocycles. The third-order valence-electron chi connectivity index (χ3n) is 6.87. The minimum Gasteiger partial charge on any atom is -0.443 e. The Hall–Kier alpha value is -1.19. The number of aliphatic hydroxyl groups is 1. The van der Waals surface area contributed by atoms with Crippen molar-refractivity contribution in [2.45, 2.75) is 95.7 Å². The van der Waals surface area contributed by atoms with Gasteiger partial charge in [-0.25, -0.2) is 4.79 Å². The molecule has 0 aromatic rings. The van der Waals surface area contributed by atoms with Gasteiger partial charge in [0.15, 0.2) is 0 Å². The highest BCUT2D eigenvalue weighted by atomic mass is 16.6. The number of hydrogen-bond donors (Lipinski definition) is 3. The monoisotopic (exact) mass is 426 g/mol. The van der Waals surface area contributed by atoms with E-state index >= 15 is 0 Å². The second kappa shape index (κ2) is 8.74. The summed E-state index contributed by atoms with van der Waals surface area (Å²) in [6.45, 7) is 10.7. The first kappa shape index (κ1) is 23.5. The number of nitrogens with two attached hydrogens (primary N) is 1. The Bertz CT molecular complexity index is 650. The summed E-state index contributed by atoms with van der Waals surface area (Å²) in [5, 5.41) is 12.4. The van der Waals surface area contributed by atoms with E-state index in [0.29, 0.717) is 13.0 Å². The highest BCUT2D eigenvalue weighted by molar-refractivity contribution is 5.68. The number of methoxy groups -OCH3 is 1. The number of hydrogen-bond acceptors (Lipinski definition) is 7. The highest BCUT2D eigenvalue weighted by Crippen LogP contribution is 2.59. The largest absolute Gasteiger partial charge is 0.443 e. The Morgan fingerprint density at radius 2 is 2.07 bits per heavy atom. The van der Waals surface area contributed by atoms with Gasteiger partial charge < -0.3 is 35.1 Å². The molecular weight excluding hydrogens is 388 g/mol. The van der Waals surface area contributed by atoms with E-state index < -0.39 is 24.5 Å². The summed E-state index contributed by atoms with van der Waals surface area (Å²) < 4.78 is 23.7. The number of epoxide rings is 2. The van der Waals surface area contributed by atoms with E-state index in [4.69, 9.17) is 24.7 Å². The fourth-order valence-electron chi connectivity index (χ4n) is 5.02. The van der Waals surface area contributed by atoms with Crippen LogP contribution in [0.3, 0.4) is 0 Å². The molecule has 0 bridgehead atoms. The number of alkyl carbamates (subject to hydrolysis) is 1. The first-order valence-electron chi connectivity index (χ1n) is 10.9. The van der Waals surface area contributed by atoms with Gasteiger partial charge in [0, 0.05) is 7.11 Å². The molecule has 1 unspecified atom stereocenters. The minimum atomic E-state index is -1.16. The lowest BCUT2D eigenvalue weighted by atomic mass is 9.68. The van der Waals surface area contributed by atoms with E-state index in [1.807, 2.05) is 13.8 Å². The third kappa shape index (κ3) is 4.67. The van der Waals surface area contributed by atoms with E-state index in [2.05, 4.69) is 32.2 Å². The number of ether oxygens (including phenoxy) is 4. The zero-order chi connectivity index (χ0) is 22.3. The van der Waals surface area contributed by atoms with Crippen LogP contribution in [0.15, 0.2) is 11.6 Å². The van der Waals surface area contributed by atoms with Crippen LogP contribution in [0.4, 0.5) is 4.79 Å². The van der Waals surface area contributed by atoms with Gasteiger partial charge >= 0.3 is 6.09 Å². The number of allylic oxidation sites excluding steroid dienone is 1. The number of nitrogens with one attached hydrogen (secondary N) is 1. The maximum atomic E-state index is 12.6. The molecule has 172 valence electrons. The zero-order valence-electron chi connectivity index (χ0n) is 19.0. The van der Waals surface area contributed by atoms with Gasteiger partial charge in [-0.1, -0.05) is 25.5 Å². The van der Waals surface area contributed by atoms with Crippen LogP contribution >= 0.6 is 0 Å². The predicted molar refractivity (Wildman–Crippen MR) is 112 cm³/mol. The molecule has 1 spiro atoms. The lowest BCUT2D eigenvalue weighted by molar-refractivity contribution is -0.118. The standard InChI is InChI=1S/C22H38N2O6/c1-12(2)7-8-15-21(5,30-15)18-17(27-6)14(9-10-22(18)11-28-22)29-20(26)24-16(13(3)4)19(23)25/h7,13-19,25H,8-11,23H2,1-6H3,(H,24,26)/t14-,15-,16-,17-,18-,19?,21+,22+/m1/s1. The number of rotatable bonds is 8. The number of carbonyl (C=O) groups excluding carboxylic acids is 1. The summed E-state index contributed by atoms with van der Waals surface area (Å²) in [7, 11) is 1.64. The van der Waals surface area contributed by atoms with Crippen molar-refractivity contribution in [2.24, 2.45) is 17.6 Å². The van der Waals surface area contributed by atoms with Gasteiger partial charge in [0.2, 0.25) is 0 Å². The quantitative estimate of drug-likeness (QED) is 0.309. The second-order valence-electron chi connectivity index (χ2n) is 9.73. The molecule has 8 nitrogen and oxygen atoms in total. The van der Waals surface area contributed by atoms with Crippen molar-refractivity contribution in [3.63, 3.8) is 0 Å². The van der Waals surface area contributed by atoms with Crippen LogP contribution in [-0.4, -0.2) is 66.7 Å². The van der Waals surface area contributed by atoms with Crippen LogP contribution in [-0.2, 0) is 18.9 Å². The molecule has 0 radical (unpaired) electrons. The van der Waals surface area contributed by atoms with Gasteiger partial charge in [0.25, 0.3) is 0 Å². The van der Waals surface area contributed by atoms with Gasteiger partial charge in [-0.3, -0.25) is 0 Å². The maximum absolute atomic E-state index is 12.6. The van der Waals surface area contributed by atoms with Crippen molar-refractivity contribution >= 4 is 6.09 Å². The van der Waals surface area contributed by atoms with Crippen molar-refractivity contribution in [3.05, 3.63) is 11.6 Å². The fraction of sp³-hybridized carbons (Fsp3) is 0.864. The van der Waals surface area contributed by atoms with Crippen molar-refractivity contribution in [2.75, 3.05) is 13.7 Å². The van der Waals surface area contributed by atoms with Gasteiger partial charge in [-0.15, -0.1) is 0 Å². The molecule has 0 aromatic heterocycles. The molecular formula is C22H38N2O6.